The molecule has 5 nitrogen and oxygen atoms in total. The number of nitrogens with zero attached hydrogens (tertiary/aromatic N) is 4. The van der Waals surface area contributed by atoms with Crippen molar-refractivity contribution in [1.82, 2.24) is 20.5 Å². The van der Waals surface area contributed by atoms with Gasteiger partial charge < -0.3 is 10.2 Å². The first kappa shape index (κ1) is 13.2. The Bertz CT molecular complexity index is 387. The Morgan fingerprint density at radius 2 is 2.00 bits per heavy atom. The molecule has 0 aromatic carbocycles. The third-order valence-corrected chi connectivity index (χ3v) is 3.50. The third-order valence-electron chi connectivity index (χ3n) is 3.50. The molecule has 18 heavy (non-hydrogen) atoms. The van der Waals surface area contributed by atoms with E-state index in [4.69, 9.17) is 0 Å². The van der Waals surface area contributed by atoms with Crippen molar-refractivity contribution in [3.8, 4) is 0 Å². The van der Waals surface area contributed by atoms with Gasteiger partial charge in [-0.2, -0.15) is 5.10 Å². The van der Waals surface area contributed by atoms with Crippen molar-refractivity contribution in [2.45, 2.75) is 45.6 Å². The molecule has 1 atom stereocenters. The van der Waals surface area contributed by atoms with E-state index in [0.717, 1.165) is 43.3 Å². The Kier molecular flexibility index (Phi) is 4.47. The molecule has 1 saturated heterocycles. The van der Waals surface area contributed by atoms with Crippen LogP contribution in [0.4, 0.5) is 5.95 Å². The van der Waals surface area contributed by atoms with Gasteiger partial charge in [0.05, 0.1) is 11.4 Å². The van der Waals surface area contributed by atoms with Gasteiger partial charge in [0.1, 0.15) is 0 Å². The molecular weight excluding hydrogens is 226 g/mol. The number of aromatic nitrogens is 3. The molecule has 1 fully saturated rings. The Labute approximate surface area is 109 Å². The highest BCUT2D eigenvalue weighted by molar-refractivity contribution is 5.29. The van der Waals surface area contributed by atoms with Crippen molar-refractivity contribution in [3.63, 3.8) is 0 Å². The van der Waals surface area contributed by atoms with Crippen LogP contribution in [0, 0.1) is 0 Å². The van der Waals surface area contributed by atoms with Gasteiger partial charge >= 0.3 is 0 Å². The van der Waals surface area contributed by atoms with E-state index in [9.17, 15) is 0 Å². The summed E-state index contributed by atoms with van der Waals surface area (Å²) >= 11 is 0. The van der Waals surface area contributed by atoms with Crippen molar-refractivity contribution in [1.29, 1.82) is 0 Å². The Hall–Kier alpha value is -1.23. The molecule has 0 aliphatic carbocycles. The van der Waals surface area contributed by atoms with Gasteiger partial charge in [-0.25, -0.2) is 4.98 Å². The standard InChI is InChI=1S/C13H23N5/c1-4-11-12(5-2)16-17-13(15-11)18(3)9-10-7-6-8-14-10/h10,14H,4-9H2,1-3H3. The van der Waals surface area contributed by atoms with Crippen molar-refractivity contribution in [2.24, 2.45) is 0 Å². The van der Waals surface area contributed by atoms with Crippen LogP contribution < -0.4 is 10.2 Å². The van der Waals surface area contributed by atoms with E-state index in [2.05, 4.69) is 39.2 Å². The number of rotatable bonds is 5. The minimum Gasteiger partial charge on any atom is -0.341 e. The van der Waals surface area contributed by atoms with Crippen LogP contribution in [-0.2, 0) is 12.8 Å². The smallest absolute Gasteiger partial charge is 0.245 e. The van der Waals surface area contributed by atoms with E-state index < -0.39 is 0 Å². The molecule has 1 N–H and O–H groups in total. The van der Waals surface area contributed by atoms with Crippen LogP contribution >= 0.6 is 0 Å². The Balaban J connectivity index is 2.06. The van der Waals surface area contributed by atoms with Crippen LogP contribution in [-0.4, -0.2) is 41.4 Å². The summed E-state index contributed by atoms with van der Waals surface area (Å²) in [5.41, 5.74) is 2.10. The van der Waals surface area contributed by atoms with Gasteiger partial charge in [0.25, 0.3) is 0 Å². The fourth-order valence-corrected chi connectivity index (χ4v) is 2.41. The molecule has 0 amide bonds. The summed E-state index contributed by atoms with van der Waals surface area (Å²) in [5.74, 6) is 0.748. The lowest BCUT2D eigenvalue weighted by Gasteiger charge is -2.21. The van der Waals surface area contributed by atoms with E-state index in [0.29, 0.717) is 6.04 Å². The predicted molar refractivity (Wildman–Crippen MR) is 72.9 cm³/mol. The number of nitrogens with one attached hydrogen (secondary N) is 1. The summed E-state index contributed by atoms with van der Waals surface area (Å²) in [5, 5.41) is 12.0. The predicted octanol–water partition coefficient (Wildman–Crippen LogP) is 1.18. The number of hydrogen-bond donors (Lipinski definition) is 1. The van der Waals surface area contributed by atoms with Gasteiger partial charge in [0, 0.05) is 19.6 Å². The summed E-state index contributed by atoms with van der Waals surface area (Å²) in [4.78, 5) is 6.73. The van der Waals surface area contributed by atoms with E-state index in [1.165, 1.54) is 12.8 Å². The number of aryl methyl sites for hydroxylation is 2. The van der Waals surface area contributed by atoms with Crippen molar-refractivity contribution in [3.05, 3.63) is 11.4 Å². The van der Waals surface area contributed by atoms with Crippen LogP contribution in [0.3, 0.4) is 0 Å². The molecule has 1 aromatic rings. The third kappa shape index (κ3) is 2.96. The van der Waals surface area contributed by atoms with Crippen LogP contribution in [0.15, 0.2) is 0 Å². The first-order valence-corrected chi connectivity index (χ1v) is 6.91. The first-order chi connectivity index (χ1) is 8.74. The van der Waals surface area contributed by atoms with E-state index in [1.807, 2.05) is 7.05 Å². The summed E-state index contributed by atoms with van der Waals surface area (Å²) in [6.07, 6.45) is 4.33. The number of anilines is 1. The van der Waals surface area contributed by atoms with Crippen LogP contribution in [0.1, 0.15) is 38.1 Å². The highest BCUT2D eigenvalue weighted by Gasteiger charge is 2.18. The molecule has 1 aliphatic rings. The average molecular weight is 249 g/mol. The zero-order chi connectivity index (χ0) is 13.0. The summed E-state index contributed by atoms with van der Waals surface area (Å²) in [7, 11) is 2.04. The highest BCUT2D eigenvalue weighted by Crippen LogP contribution is 2.12. The molecule has 2 rings (SSSR count). The van der Waals surface area contributed by atoms with Crippen molar-refractivity contribution < 1.29 is 0 Å². The maximum Gasteiger partial charge on any atom is 0.245 e. The fraction of sp³-hybridized carbons (Fsp3) is 0.769. The zero-order valence-corrected chi connectivity index (χ0v) is 11.6. The molecule has 0 radical (unpaired) electrons. The van der Waals surface area contributed by atoms with Gasteiger partial charge in [-0.1, -0.05) is 13.8 Å². The second kappa shape index (κ2) is 6.09. The normalized spacial score (nSPS) is 19.2. The molecule has 1 unspecified atom stereocenters. The monoisotopic (exact) mass is 249 g/mol. The van der Waals surface area contributed by atoms with Crippen molar-refractivity contribution in [2.75, 3.05) is 25.0 Å². The van der Waals surface area contributed by atoms with Crippen LogP contribution in [0.2, 0.25) is 0 Å². The molecule has 100 valence electrons. The molecule has 5 heteroatoms. The Morgan fingerprint density at radius 1 is 1.22 bits per heavy atom. The zero-order valence-electron chi connectivity index (χ0n) is 11.6. The minimum atomic E-state index is 0.564. The lowest BCUT2D eigenvalue weighted by atomic mass is 10.2. The molecule has 1 aromatic heterocycles. The summed E-state index contributed by atoms with van der Waals surface area (Å²) in [6, 6.07) is 0.564. The molecular formula is C13H23N5. The van der Waals surface area contributed by atoms with Gasteiger partial charge in [0.15, 0.2) is 0 Å². The van der Waals surface area contributed by atoms with Crippen LogP contribution in [0.5, 0.6) is 0 Å². The molecule has 0 spiro atoms. The summed E-state index contributed by atoms with van der Waals surface area (Å²) < 4.78 is 0. The van der Waals surface area contributed by atoms with Crippen LogP contribution in [0.25, 0.3) is 0 Å². The fourth-order valence-electron chi connectivity index (χ4n) is 2.41. The topological polar surface area (TPSA) is 53.9 Å². The quantitative estimate of drug-likeness (QED) is 0.849. The van der Waals surface area contributed by atoms with Gasteiger partial charge in [-0.05, 0) is 32.2 Å². The Morgan fingerprint density at radius 3 is 2.61 bits per heavy atom. The van der Waals surface area contributed by atoms with Gasteiger partial charge in [-0.3, -0.25) is 0 Å². The van der Waals surface area contributed by atoms with E-state index in [-0.39, 0.29) is 0 Å². The molecule has 0 bridgehead atoms. The van der Waals surface area contributed by atoms with E-state index in [1.54, 1.807) is 0 Å². The van der Waals surface area contributed by atoms with Gasteiger partial charge in [0.2, 0.25) is 5.95 Å². The molecule has 1 aliphatic heterocycles. The molecule has 0 saturated carbocycles. The SMILES string of the molecule is CCc1nnc(N(C)CC2CCCN2)nc1CC. The highest BCUT2D eigenvalue weighted by atomic mass is 15.3. The van der Waals surface area contributed by atoms with Crippen molar-refractivity contribution >= 4 is 5.95 Å². The number of likely N-dealkylation sites (N-methyl/N-ethyl adjacent to an activating group) is 1. The minimum absolute atomic E-state index is 0.564. The largest absolute Gasteiger partial charge is 0.341 e. The molecule has 2 heterocycles. The second-order valence-electron chi connectivity index (χ2n) is 4.89. The lowest BCUT2D eigenvalue weighted by molar-refractivity contribution is 0.590. The maximum atomic E-state index is 4.63. The van der Waals surface area contributed by atoms with Gasteiger partial charge in [-0.15, -0.1) is 5.10 Å². The first-order valence-electron chi connectivity index (χ1n) is 6.91. The number of hydrogen-bond acceptors (Lipinski definition) is 5. The maximum absolute atomic E-state index is 4.63. The van der Waals surface area contributed by atoms with E-state index >= 15 is 0 Å². The second-order valence-corrected chi connectivity index (χ2v) is 4.89. The summed E-state index contributed by atoms with van der Waals surface area (Å²) in [6.45, 7) is 6.30. The average Bonchev–Trinajstić information content (AvgIpc) is 2.90. The lowest BCUT2D eigenvalue weighted by Crippen LogP contribution is -2.36.